The maximum absolute atomic E-state index is 14.4. The number of para-hydroxylation sites is 1. The van der Waals surface area contributed by atoms with Gasteiger partial charge in [0.15, 0.2) is 11.6 Å². The SMILES string of the molecule is O=C1C(Nc2ccc(F)c(F)c2)=C(c2ccc([N+](=O)[O-])cc2)C(=O)N1c1ccccc1F. The summed E-state index contributed by atoms with van der Waals surface area (Å²) in [5.74, 6) is -4.94. The predicted octanol–water partition coefficient (Wildman–Crippen LogP) is 4.41. The molecule has 160 valence electrons. The Balaban J connectivity index is 1.84. The second-order valence-electron chi connectivity index (χ2n) is 6.70. The number of anilines is 2. The Morgan fingerprint density at radius 2 is 1.50 bits per heavy atom. The van der Waals surface area contributed by atoms with E-state index in [0.29, 0.717) is 4.90 Å². The fourth-order valence-corrected chi connectivity index (χ4v) is 3.23. The Morgan fingerprint density at radius 1 is 0.812 bits per heavy atom. The Kier molecular flexibility index (Phi) is 5.19. The van der Waals surface area contributed by atoms with Gasteiger partial charge < -0.3 is 5.32 Å². The van der Waals surface area contributed by atoms with Crippen LogP contribution in [0.4, 0.5) is 30.2 Å². The van der Waals surface area contributed by atoms with Crippen LogP contribution in [0.25, 0.3) is 5.57 Å². The van der Waals surface area contributed by atoms with Crippen LogP contribution in [0, 0.1) is 27.6 Å². The van der Waals surface area contributed by atoms with Crippen molar-refractivity contribution in [3.8, 4) is 0 Å². The summed E-state index contributed by atoms with van der Waals surface area (Å²) in [6, 6.07) is 12.7. The molecular weight excluding hydrogens is 427 g/mol. The van der Waals surface area contributed by atoms with Crippen molar-refractivity contribution in [3.63, 3.8) is 0 Å². The molecule has 0 saturated heterocycles. The van der Waals surface area contributed by atoms with Crippen LogP contribution < -0.4 is 10.2 Å². The number of nitrogens with one attached hydrogen (secondary N) is 1. The molecule has 0 fully saturated rings. The maximum atomic E-state index is 14.4. The van der Waals surface area contributed by atoms with Crippen molar-refractivity contribution in [3.05, 3.63) is 106 Å². The molecule has 2 amide bonds. The first kappa shape index (κ1) is 20.8. The van der Waals surface area contributed by atoms with Crippen molar-refractivity contribution in [1.82, 2.24) is 0 Å². The van der Waals surface area contributed by atoms with Crippen LogP contribution >= 0.6 is 0 Å². The quantitative estimate of drug-likeness (QED) is 0.361. The van der Waals surface area contributed by atoms with E-state index in [4.69, 9.17) is 0 Å². The van der Waals surface area contributed by atoms with Gasteiger partial charge in [0.25, 0.3) is 17.5 Å². The van der Waals surface area contributed by atoms with Crippen LogP contribution in [-0.2, 0) is 9.59 Å². The topological polar surface area (TPSA) is 92.5 Å². The third-order valence-corrected chi connectivity index (χ3v) is 4.73. The predicted molar refractivity (Wildman–Crippen MR) is 109 cm³/mol. The van der Waals surface area contributed by atoms with Crippen LogP contribution in [0.15, 0.2) is 72.4 Å². The fraction of sp³-hybridized carbons (Fsp3) is 0. The summed E-state index contributed by atoms with van der Waals surface area (Å²) in [6.45, 7) is 0. The van der Waals surface area contributed by atoms with E-state index in [1.54, 1.807) is 0 Å². The summed E-state index contributed by atoms with van der Waals surface area (Å²) in [7, 11) is 0. The minimum absolute atomic E-state index is 0.0326. The number of nitrogens with zero attached hydrogens (tertiary/aromatic N) is 2. The summed E-state index contributed by atoms with van der Waals surface area (Å²) in [4.78, 5) is 37.2. The van der Waals surface area contributed by atoms with E-state index in [1.807, 2.05) is 0 Å². The summed E-state index contributed by atoms with van der Waals surface area (Å²) >= 11 is 0. The second-order valence-corrected chi connectivity index (χ2v) is 6.70. The molecule has 0 aromatic heterocycles. The lowest BCUT2D eigenvalue weighted by Crippen LogP contribution is -2.33. The Hall–Kier alpha value is -4.47. The molecule has 0 bridgehead atoms. The van der Waals surface area contributed by atoms with E-state index in [-0.39, 0.29) is 33.9 Å². The molecule has 0 unspecified atom stereocenters. The molecule has 7 nitrogen and oxygen atoms in total. The largest absolute Gasteiger partial charge is 0.350 e. The Morgan fingerprint density at radius 3 is 2.12 bits per heavy atom. The number of carbonyl (C=O) groups excluding carboxylic acids is 2. The van der Waals surface area contributed by atoms with E-state index in [0.717, 1.165) is 36.4 Å². The molecule has 3 aromatic rings. The molecule has 10 heteroatoms. The van der Waals surface area contributed by atoms with Gasteiger partial charge in [0, 0.05) is 23.9 Å². The maximum Gasteiger partial charge on any atom is 0.282 e. The molecule has 0 saturated carbocycles. The minimum atomic E-state index is -1.18. The van der Waals surface area contributed by atoms with E-state index in [9.17, 15) is 32.9 Å². The molecule has 32 heavy (non-hydrogen) atoms. The number of carbonyl (C=O) groups is 2. The Labute approximate surface area is 178 Å². The number of hydrogen-bond donors (Lipinski definition) is 1. The van der Waals surface area contributed by atoms with Gasteiger partial charge >= 0.3 is 0 Å². The monoisotopic (exact) mass is 439 g/mol. The number of nitro benzene ring substituents is 1. The Bertz CT molecular complexity index is 1310. The molecule has 0 radical (unpaired) electrons. The highest BCUT2D eigenvalue weighted by atomic mass is 19.2. The van der Waals surface area contributed by atoms with Gasteiger partial charge in [0.2, 0.25) is 0 Å². The third-order valence-electron chi connectivity index (χ3n) is 4.73. The average Bonchev–Trinajstić information content (AvgIpc) is 3.01. The number of benzene rings is 3. The molecule has 0 atom stereocenters. The number of halogens is 3. The first-order valence-electron chi connectivity index (χ1n) is 9.12. The highest BCUT2D eigenvalue weighted by Crippen LogP contribution is 2.35. The zero-order valence-corrected chi connectivity index (χ0v) is 16.0. The zero-order valence-electron chi connectivity index (χ0n) is 16.0. The molecular formula is C22H12F3N3O4. The molecule has 0 aliphatic carbocycles. The van der Waals surface area contributed by atoms with Gasteiger partial charge in [0.05, 0.1) is 16.2 Å². The number of amides is 2. The zero-order chi connectivity index (χ0) is 23.0. The van der Waals surface area contributed by atoms with Gasteiger partial charge in [0.1, 0.15) is 11.5 Å². The van der Waals surface area contributed by atoms with Gasteiger partial charge in [-0.3, -0.25) is 19.7 Å². The van der Waals surface area contributed by atoms with Crippen molar-refractivity contribution < 1.29 is 27.7 Å². The highest BCUT2D eigenvalue weighted by molar-refractivity contribution is 6.46. The number of imide groups is 1. The van der Waals surface area contributed by atoms with Crippen LogP contribution in [0.5, 0.6) is 0 Å². The van der Waals surface area contributed by atoms with Gasteiger partial charge in [-0.2, -0.15) is 0 Å². The third kappa shape index (κ3) is 3.58. The molecule has 3 aromatic carbocycles. The van der Waals surface area contributed by atoms with Crippen molar-refractivity contribution >= 4 is 34.4 Å². The lowest BCUT2D eigenvalue weighted by atomic mass is 10.0. The van der Waals surface area contributed by atoms with Crippen molar-refractivity contribution in [2.45, 2.75) is 0 Å². The lowest BCUT2D eigenvalue weighted by molar-refractivity contribution is -0.384. The van der Waals surface area contributed by atoms with E-state index >= 15 is 0 Å². The van der Waals surface area contributed by atoms with Gasteiger partial charge in [-0.25, -0.2) is 18.1 Å². The lowest BCUT2D eigenvalue weighted by Gasteiger charge is -2.16. The number of nitro groups is 1. The van der Waals surface area contributed by atoms with Crippen LogP contribution in [0.2, 0.25) is 0 Å². The summed E-state index contributed by atoms with van der Waals surface area (Å²) < 4.78 is 41.3. The second kappa shape index (κ2) is 7.99. The number of hydrogen-bond acceptors (Lipinski definition) is 5. The molecule has 4 rings (SSSR count). The van der Waals surface area contributed by atoms with Crippen molar-refractivity contribution in [1.29, 1.82) is 0 Å². The normalized spacial score (nSPS) is 13.7. The van der Waals surface area contributed by atoms with E-state index in [1.165, 1.54) is 30.3 Å². The van der Waals surface area contributed by atoms with Gasteiger partial charge in [-0.05, 0) is 42.0 Å². The summed E-state index contributed by atoms with van der Waals surface area (Å²) in [5, 5.41) is 13.5. The average molecular weight is 439 g/mol. The van der Waals surface area contributed by atoms with Crippen LogP contribution in [-0.4, -0.2) is 16.7 Å². The molecule has 0 spiro atoms. The van der Waals surface area contributed by atoms with Crippen molar-refractivity contribution in [2.24, 2.45) is 0 Å². The van der Waals surface area contributed by atoms with Crippen LogP contribution in [0.1, 0.15) is 5.56 Å². The van der Waals surface area contributed by atoms with E-state index < -0.39 is 34.2 Å². The first-order valence-corrected chi connectivity index (χ1v) is 9.12. The number of rotatable bonds is 5. The van der Waals surface area contributed by atoms with Gasteiger partial charge in [-0.1, -0.05) is 12.1 Å². The summed E-state index contributed by atoms with van der Waals surface area (Å²) in [5.41, 5.74) is -0.972. The minimum Gasteiger partial charge on any atom is -0.350 e. The molecule has 1 N–H and O–H groups in total. The molecule has 1 heterocycles. The van der Waals surface area contributed by atoms with Crippen LogP contribution in [0.3, 0.4) is 0 Å². The number of non-ortho nitro benzene ring substituents is 1. The smallest absolute Gasteiger partial charge is 0.282 e. The first-order chi connectivity index (χ1) is 15.3. The fourth-order valence-electron chi connectivity index (χ4n) is 3.23. The van der Waals surface area contributed by atoms with E-state index in [2.05, 4.69) is 5.32 Å². The highest BCUT2D eigenvalue weighted by Gasteiger charge is 2.41. The van der Waals surface area contributed by atoms with Crippen molar-refractivity contribution in [2.75, 3.05) is 10.2 Å². The van der Waals surface area contributed by atoms with Gasteiger partial charge in [-0.15, -0.1) is 0 Å². The molecule has 1 aliphatic rings. The standard InChI is InChI=1S/C22H12F3N3O4/c23-15-10-7-13(11-17(15)25)26-20-19(12-5-8-14(9-6-12)28(31)32)21(29)27(22(20)30)18-4-2-1-3-16(18)24/h1-11,26H. The summed E-state index contributed by atoms with van der Waals surface area (Å²) in [6.07, 6.45) is 0. The molecule has 1 aliphatic heterocycles.